The third-order valence-corrected chi connectivity index (χ3v) is 5.34. The third-order valence-electron chi connectivity index (χ3n) is 5.34. The van der Waals surface area contributed by atoms with E-state index in [2.05, 4.69) is 27.2 Å². The molecule has 2 heterocycles. The summed E-state index contributed by atoms with van der Waals surface area (Å²) >= 11 is 0. The number of amides is 1. The summed E-state index contributed by atoms with van der Waals surface area (Å²) in [5.74, 6) is -0.0311. The average molecular weight is 421 g/mol. The number of nitrogens with one attached hydrogen (secondary N) is 1. The number of carbonyl (C=O) groups excluding carboxylic acids is 1. The fourth-order valence-electron chi connectivity index (χ4n) is 3.50. The molecule has 1 saturated carbocycles. The number of hydrogen-bond acceptors (Lipinski definition) is 6. The van der Waals surface area contributed by atoms with E-state index >= 15 is 0 Å². The van der Waals surface area contributed by atoms with Crippen molar-refractivity contribution in [1.82, 2.24) is 10.2 Å². The molecule has 1 aliphatic heterocycles. The molecule has 0 bridgehead atoms. The molecular weight excluding hydrogens is 396 g/mol. The Labute approximate surface area is 175 Å². The predicted octanol–water partition coefficient (Wildman–Crippen LogP) is 3.07. The van der Waals surface area contributed by atoms with Crippen LogP contribution in [-0.4, -0.2) is 48.5 Å². The van der Waals surface area contributed by atoms with Crippen LogP contribution in [0.25, 0.3) is 0 Å². The van der Waals surface area contributed by atoms with Crippen LogP contribution in [0, 0.1) is 16.0 Å². The molecule has 1 aromatic heterocycles. The Bertz CT molecular complexity index is 842. The average Bonchev–Trinajstić information content (AvgIpc) is 3.38. The van der Waals surface area contributed by atoms with E-state index in [1.54, 1.807) is 0 Å². The predicted molar refractivity (Wildman–Crippen MR) is 112 cm³/mol. The minimum atomic E-state index is -0.665. The standard InChI is InChI=1S/C20H24N4O4.ClH/c25-20(18-7-8-19(28-18)24(26)27)21-13-15-3-5-17(6-4-15)23-11-9-22(10-12-23)14-16-1-2-16;/h3-8,16H,1-2,9-14H2,(H,21,25);1H. The van der Waals surface area contributed by atoms with Crippen molar-refractivity contribution in [3.05, 3.63) is 57.8 Å². The van der Waals surface area contributed by atoms with Crippen LogP contribution < -0.4 is 10.2 Å². The molecule has 29 heavy (non-hydrogen) atoms. The Kier molecular flexibility index (Phi) is 6.76. The number of piperazine rings is 1. The lowest BCUT2D eigenvalue weighted by molar-refractivity contribution is -0.402. The Hall–Kier alpha value is -2.58. The molecule has 1 amide bonds. The molecule has 4 rings (SSSR count). The summed E-state index contributed by atoms with van der Waals surface area (Å²) in [6.07, 6.45) is 2.80. The number of nitro groups is 1. The topological polar surface area (TPSA) is 91.9 Å². The van der Waals surface area contributed by atoms with E-state index < -0.39 is 16.7 Å². The largest absolute Gasteiger partial charge is 0.433 e. The van der Waals surface area contributed by atoms with E-state index in [1.807, 2.05) is 12.1 Å². The highest BCUT2D eigenvalue weighted by molar-refractivity contribution is 5.91. The van der Waals surface area contributed by atoms with Gasteiger partial charge in [0.25, 0.3) is 5.91 Å². The highest BCUT2D eigenvalue weighted by Gasteiger charge is 2.26. The van der Waals surface area contributed by atoms with E-state index in [4.69, 9.17) is 4.42 Å². The molecule has 2 aromatic rings. The number of hydrogen-bond donors (Lipinski definition) is 1. The zero-order chi connectivity index (χ0) is 19.5. The molecule has 0 radical (unpaired) electrons. The highest BCUT2D eigenvalue weighted by atomic mass is 35.5. The monoisotopic (exact) mass is 420 g/mol. The number of rotatable bonds is 7. The van der Waals surface area contributed by atoms with Gasteiger partial charge in [0.2, 0.25) is 0 Å². The fourth-order valence-corrected chi connectivity index (χ4v) is 3.50. The van der Waals surface area contributed by atoms with Gasteiger partial charge in [-0.05, 0) is 42.5 Å². The van der Waals surface area contributed by atoms with E-state index in [9.17, 15) is 14.9 Å². The van der Waals surface area contributed by atoms with Gasteiger partial charge in [-0.3, -0.25) is 19.8 Å². The second kappa shape index (κ2) is 9.28. The summed E-state index contributed by atoms with van der Waals surface area (Å²) in [4.78, 5) is 27.0. The molecule has 156 valence electrons. The first-order valence-corrected chi connectivity index (χ1v) is 9.67. The van der Waals surface area contributed by atoms with Crippen LogP contribution >= 0.6 is 12.4 Å². The molecule has 0 atom stereocenters. The summed E-state index contributed by atoms with van der Waals surface area (Å²) in [6.45, 7) is 5.90. The summed E-state index contributed by atoms with van der Waals surface area (Å²) < 4.78 is 4.91. The Morgan fingerprint density at radius 2 is 1.79 bits per heavy atom. The maximum Gasteiger partial charge on any atom is 0.433 e. The molecule has 2 aliphatic rings. The molecule has 0 spiro atoms. The lowest BCUT2D eigenvalue weighted by Gasteiger charge is -2.36. The van der Waals surface area contributed by atoms with E-state index in [-0.39, 0.29) is 18.2 Å². The van der Waals surface area contributed by atoms with Gasteiger partial charge >= 0.3 is 5.88 Å². The summed E-state index contributed by atoms with van der Waals surface area (Å²) in [5, 5.41) is 13.3. The summed E-state index contributed by atoms with van der Waals surface area (Å²) in [7, 11) is 0. The lowest BCUT2D eigenvalue weighted by atomic mass is 10.1. The first-order chi connectivity index (χ1) is 13.6. The van der Waals surface area contributed by atoms with Crippen LogP contribution in [0.1, 0.15) is 29.0 Å². The smallest absolute Gasteiger partial charge is 0.395 e. The van der Waals surface area contributed by atoms with Crippen LogP contribution in [0.5, 0.6) is 0 Å². The van der Waals surface area contributed by atoms with E-state index in [1.165, 1.54) is 37.2 Å². The maximum atomic E-state index is 12.0. The quantitative estimate of drug-likeness (QED) is 0.546. The lowest BCUT2D eigenvalue weighted by Crippen LogP contribution is -2.47. The second-order valence-corrected chi connectivity index (χ2v) is 7.48. The van der Waals surface area contributed by atoms with Gasteiger partial charge in [-0.15, -0.1) is 12.4 Å². The van der Waals surface area contributed by atoms with Crippen molar-refractivity contribution in [2.75, 3.05) is 37.6 Å². The van der Waals surface area contributed by atoms with Gasteiger partial charge in [0, 0.05) is 45.0 Å². The maximum absolute atomic E-state index is 12.0. The second-order valence-electron chi connectivity index (χ2n) is 7.48. The molecule has 1 aromatic carbocycles. The van der Waals surface area contributed by atoms with Gasteiger partial charge in [-0.2, -0.15) is 0 Å². The normalized spacial score (nSPS) is 16.9. The van der Waals surface area contributed by atoms with Crippen molar-refractivity contribution in [2.24, 2.45) is 5.92 Å². The number of benzene rings is 1. The zero-order valence-corrected chi connectivity index (χ0v) is 16.9. The fraction of sp³-hybridized carbons (Fsp3) is 0.450. The van der Waals surface area contributed by atoms with Crippen LogP contribution in [0.3, 0.4) is 0 Å². The van der Waals surface area contributed by atoms with Gasteiger partial charge in [-0.25, -0.2) is 0 Å². The van der Waals surface area contributed by atoms with Gasteiger partial charge in [0.05, 0.1) is 6.07 Å². The van der Waals surface area contributed by atoms with Crippen molar-refractivity contribution >= 4 is 29.9 Å². The van der Waals surface area contributed by atoms with Crippen LogP contribution in [0.15, 0.2) is 40.8 Å². The van der Waals surface area contributed by atoms with Crippen LogP contribution in [0.4, 0.5) is 11.6 Å². The van der Waals surface area contributed by atoms with Gasteiger partial charge in [0.1, 0.15) is 4.92 Å². The number of furan rings is 1. The van der Waals surface area contributed by atoms with Gasteiger partial charge in [-0.1, -0.05) is 12.1 Å². The van der Waals surface area contributed by atoms with Gasteiger partial charge < -0.3 is 14.6 Å². The Morgan fingerprint density at radius 3 is 2.38 bits per heavy atom. The zero-order valence-electron chi connectivity index (χ0n) is 16.1. The van der Waals surface area contributed by atoms with Gasteiger partial charge in [0.15, 0.2) is 5.76 Å². The number of carbonyl (C=O) groups is 1. The molecule has 1 aliphatic carbocycles. The highest BCUT2D eigenvalue weighted by Crippen LogP contribution is 2.30. The van der Waals surface area contributed by atoms with Crippen molar-refractivity contribution in [3.8, 4) is 0 Å². The minimum Gasteiger partial charge on any atom is -0.395 e. The first-order valence-electron chi connectivity index (χ1n) is 9.67. The molecule has 1 N–H and O–H groups in total. The van der Waals surface area contributed by atoms with Crippen molar-refractivity contribution in [3.63, 3.8) is 0 Å². The summed E-state index contributed by atoms with van der Waals surface area (Å²) in [6, 6.07) is 10.6. The SMILES string of the molecule is Cl.O=C(NCc1ccc(N2CCN(CC3CC3)CC2)cc1)c1ccc([N+](=O)[O-])o1. The summed E-state index contributed by atoms with van der Waals surface area (Å²) in [5.41, 5.74) is 2.16. The first kappa shape index (κ1) is 21.1. The Balaban J connectivity index is 0.00000240. The van der Waals surface area contributed by atoms with Crippen molar-refractivity contribution < 1.29 is 14.1 Å². The van der Waals surface area contributed by atoms with Crippen LogP contribution in [-0.2, 0) is 6.54 Å². The molecule has 0 unspecified atom stereocenters. The molecular formula is C20H25ClN4O4. The molecule has 8 nitrogen and oxygen atoms in total. The third kappa shape index (κ3) is 5.48. The minimum absolute atomic E-state index is 0. The van der Waals surface area contributed by atoms with Crippen molar-refractivity contribution in [1.29, 1.82) is 0 Å². The molecule has 1 saturated heterocycles. The molecule has 2 fully saturated rings. The van der Waals surface area contributed by atoms with E-state index in [0.29, 0.717) is 6.54 Å². The van der Waals surface area contributed by atoms with Crippen molar-refractivity contribution in [2.45, 2.75) is 19.4 Å². The number of anilines is 1. The number of nitrogens with zero attached hydrogens (tertiary/aromatic N) is 3. The van der Waals surface area contributed by atoms with Crippen LogP contribution in [0.2, 0.25) is 0 Å². The molecule has 9 heteroatoms. The Morgan fingerprint density at radius 1 is 1.10 bits per heavy atom. The number of halogens is 1. The van der Waals surface area contributed by atoms with E-state index in [0.717, 1.165) is 37.7 Å².